The van der Waals surface area contributed by atoms with Crippen LogP contribution < -0.4 is 14.8 Å². The minimum Gasteiger partial charge on any atom is -0.497 e. The fraction of sp³-hybridized carbons (Fsp3) is 0.278. The maximum Gasteiger partial charge on any atom is 0.252 e. The van der Waals surface area contributed by atoms with E-state index in [1.807, 2.05) is 12.1 Å². The SMILES string of the molecule is CCNC(=O)c1cc(S(=O)(=O)NCCc2ccc(OC)cc2)c(Cl)cc1Cl. The summed E-state index contributed by atoms with van der Waals surface area (Å²) in [7, 11) is -2.33. The summed E-state index contributed by atoms with van der Waals surface area (Å²) >= 11 is 12.1. The first-order chi connectivity index (χ1) is 12.8. The molecule has 0 aromatic heterocycles. The molecule has 0 bridgehead atoms. The van der Waals surface area contributed by atoms with Gasteiger partial charge in [-0.05, 0) is 43.2 Å². The van der Waals surface area contributed by atoms with Crippen molar-refractivity contribution in [2.45, 2.75) is 18.2 Å². The van der Waals surface area contributed by atoms with Crippen molar-refractivity contribution in [2.24, 2.45) is 0 Å². The summed E-state index contributed by atoms with van der Waals surface area (Å²) in [4.78, 5) is 11.9. The van der Waals surface area contributed by atoms with E-state index < -0.39 is 15.9 Å². The number of halogens is 2. The predicted octanol–water partition coefficient (Wildman–Crippen LogP) is 3.27. The zero-order valence-electron chi connectivity index (χ0n) is 14.9. The molecule has 2 N–H and O–H groups in total. The van der Waals surface area contributed by atoms with Gasteiger partial charge in [-0.2, -0.15) is 0 Å². The molecule has 0 unspecified atom stereocenters. The van der Waals surface area contributed by atoms with Gasteiger partial charge in [0, 0.05) is 13.1 Å². The third-order valence-electron chi connectivity index (χ3n) is 3.76. The number of benzene rings is 2. The fourth-order valence-corrected chi connectivity index (χ4v) is 4.25. The van der Waals surface area contributed by atoms with Gasteiger partial charge in [0.25, 0.3) is 5.91 Å². The summed E-state index contributed by atoms with van der Waals surface area (Å²) in [5.41, 5.74) is 1.00. The third kappa shape index (κ3) is 5.59. The molecule has 27 heavy (non-hydrogen) atoms. The molecule has 0 heterocycles. The average Bonchev–Trinajstić information content (AvgIpc) is 2.62. The Morgan fingerprint density at radius 2 is 1.78 bits per heavy atom. The van der Waals surface area contributed by atoms with Gasteiger partial charge in [-0.15, -0.1) is 0 Å². The van der Waals surface area contributed by atoms with E-state index in [1.54, 1.807) is 26.2 Å². The van der Waals surface area contributed by atoms with Crippen LogP contribution in [0.3, 0.4) is 0 Å². The Balaban J connectivity index is 2.15. The molecule has 0 atom stereocenters. The largest absolute Gasteiger partial charge is 0.497 e. The van der Waals surface area contributed by atoms with Gasteiger partial charge >= 0.3 is 0 Å². The minimum atomic E-state index is -3.91. The number of sulfonamides is 1. The molecule has 0 spiro atoms. The van der Waals surface area contributed by atoms with Gasteiger partial charge < -0.3 is 10.1 Å². The van der Waals surface area contributed by atoms with Crippen LogP contribution in [0.4, 0.5) is 0 Å². The van der Waals surface area contributed by atoms with Crippen LogP contribution >= 0.6 is 23.2 Å². The number of nitrogens with one attached hydrogen (secondary N) is 2. The Morgan fingerprint density at radius 1 is 1.11 bits per heavy atom. The van der Waals surface area contributed by atoms with Crippen LogP contribution in [-0.4, -0.2) is 34.5 Å². The van der Waals surface area contributed by atoms with E-state index in [2.05, 4.69) is 10.0 Å². The van der Waals surface area contributed by atoms with Crippen molar-refractivity contribution < 1.29 is 17.9 Å². The lowest BCUT2D eigenvalue weighted by Gasteiger charge is -2.12. The monoisotopic (exact) mass is 430 g/mol. The summed E-state index contributed by atoms with van der Waals surface area (Å²) in [5, 5.41) is 2.62. The van der Waals surface area contributed by atoms with Crippen LogP contribution in [0.25, 0.3) is 0 Å². The van der Waals surface area contributed by atoms with Gasteiger partial charge in [-0.1, -0.05) is 35.3 Å². The van der Waals surface area contributed by atoms with Gasteiger partial charge in [-0.25, -0.2) is 13.1 Å². The number of carbonyl (C=O) groups excluding carboxylic acids is 1. The molecule has 2 aromatic carbocycles. The number of amides is 1. The van der Waals surface area contributed by atoms with Gasteiger partial charge in [-0.3, -0.25) is 4.79 Å². The lowest BCUT2D eigenvalue weighted by Crippen LogP contribution is -2.27. The highest BCUT2D eigenvalue weighted by Crippen LogP contribution is 2.28. The molecule has 0 fully saturated rings. The fourth-order valence-electron chi connectivity index (χ4n) is 2.36. The molecule has 0 radical (unpaired) electrons. The van der Waals surface area contributed by atoms with Crippen LogP contribution in [0.5, 0.6) is 5.75 Å². The molecular formula is C18H20Cl2N2O4S. The van der Waals surface area contributed by atoms with Crippen LogP contribution in [-0.2, 0) is 16.4 Å². The van der Waals surface area contributed by atoms with Crippen LogP contribution in [0.1, 0.15) is 22.8 Å². The Hall–Kier alpha value is -1.80. The predicted molar refractivity (Wildman–Crippen MR) is 106 cm³/mol. The van der Waals surface area contributed by atoms with E-state index in [4.69, 9.17) is 27.9 Å². The summed E-state index contributed by atoms with van der Waals surface area (Å²) in [6.45, 7) is 2.31. The van der Waals surface area contributed by atoms with Crippen molar-refractivity contribution in [2.75, 3.05) is 20.2 Å². The lowest BCUT2D eigenvalue weighted by molar-refractivity contribution is 0.0956. The highest BCUT2D eigenvalue weighted by molar-refractivity contribution is 7.89. The molecule has 6 nitrogen and oxygen atoms in total. The van der Waals surface area contributed by atoms with Crippen molar-refractivity contribution in [1.82, 2.24) is 10.0 Å². The Bertz CT molecular complexity index is 916. The molecule has 0 aliphatic carbocycles. The molecule has 2 rings (SSSR count). The summed E-state index contributed by atoms with van der Waals surface area (Å²) in [6, 6.07) is 9.76. The second kappa shape index (κ2) is 9.41. The number of methoxy groups -OCH3 is 1. The van der Waals surface area contributed by atoms with Crippen LogP contribution in [0, 0.1) is 0 Å². The van der Waals surface area contributed by atoms with E-state index >= 15 is 0 Å². The van der Waals surface area contributed by atoms with E-state index in [0.717, 1.165) is 11.3 Å². The Morgan fingerprint density at radius 3 is 2.37 bits per heavy atom. The average molecular weight is 431 g/mol. The van der Waals surface area contributed by atoms with Crippen LogP contribution in [0.15, 0.2) is 41.3 Å². The van der Waals surface area contributed by atoms with Crippen molar-refractivity contribution in [3.8, 4) is 5.75 Å². The maximum absolute atomic E-state index is 12.6. The van der Waals surface area contributed by atoms with Crippen molar-refractivity contribution in [1.29, 1.82) is 0 Å². The molecule has 0 aliphatic heterocycles. The highest BCUT2D eigenvalue weighted by atomic mass is 35.5. The molecule has 0 aliphatic rings. The van der Waals surface area contributed by atoms with Crippen molar-refractivity contribution in [3.63, 3.8) is 0 Å². The second-order valence-electron chi connectivity index (χ2n) is 5.62. The molecule has 1 amide bonds. The second-order valence-corrected chi connectivity index (χ2v) is 8.17. The number of carbonyl (C=O) groups is 1. The maximum atomic E-state index is 12.6. The van der Waals surface area contributed by atoms with Gasteiger partial charge in [0.1, 0.15) is 10.6 Å². The first kappa shape index (κ1) is 21.5. The number of rotatable bonds is 8. The lowest BCUT2D eigenvalue weighted by atomic mass is 10.1. The van der Waals surface area contributed by atoms with E-state index in [0.29, 0.717) is 13.0 Å². The molecule has 146 valence electrons. The first-order valence-electron chi connectivity index (χ1n) is 8.18. The van der Waals surface area contributed by atoms with E-state index in [9.17, 15) is 13.2 Å². The summed E-state index contributed by atoms with van der Waals surface area (Å²) in [5.74, 6) is 0.263. The molecular weight excluding hydrogens is 411 g/mol. The highest BCUT2D eigenvalue weighted by Gasteiger charge is 2.22. The van der Waals surface area contributed by atoms with Gasteiger partial charge in [0.05, 0.1) is 22.7 Å². The quantitative estimate of drug-likeness (QED) is 0.672. The molecule has 0 saturated carbocycles. The van der Waals surface area contributed by atoms with Gasteiger partial charge in [0.2, 0.25) is 10.0 Å². The number of hydrogen-bond acceptors (Lipinski definition) is 4. The van der Waals surface area contributed by atoms with E-state index in [-0.39, 0.29) is 27.0 Å². The number of hydrogen-bond donors (Lipinski definition) is 2. The Labute approximate surface area is 168 Å². The molecule has 2 aromatic rings. The van der Waals surface area contributed by atoms with E-state index in [1.165, 1.54) is 12.1 Å². The normalized spacial score (nSPS) is 11.3. The smallest absolute Gasteiger partial charge is 0.252 e. The molecule has 0 saturated heterocycles. The minimum absolute atomic E-state index is 0.0509. The molecule has 9 heteroatoms. The van der Waals surface area contributed by atoms with Crippen LogP contribution in [0.2, 0.25) is 10.0 Å². The zero-order valence-corrected chi connectivity index (χ0v) is 17.2. The Kier molecular flexibility index (Phi) is 7.49. The zero-order chi connectivity index (χ0) is 20.0. The summed E-state index contributed by atoms with van der Waals surface area (Å²) in [6.07, 6.45) is 0.484. The number of ether oxygens (including phenoxy) is 1. The first-order valence-corrected chi connectivity index (χ1v) is 10.4. The topological polar surface area (TPSA) is 84.5 Å². The van der Waals surface area contributed by atoms with Gasteiger partial charge in [0.15, 0.2) is 0 Å². The summed E-state index contributed by atoms with van der Waals surface area (Å²) < 4.78 is 32.8. The third-order valence-corrected chi connectivity index (χ3v) is 6.00. The standard InChI is InChI=1S/C18H20Cl2N2O4S/c1-3-21-18(23)14-10-17(16(20)11-15(14)19)27(24,25)22-9-8-12-4-6-13(26-2)7-5-12/h4-7,10-11,22H,3,8-9H2,1-2H3,(H,21,23). The van der Waals surface area contributed by atoms with Crippen molar-refractivity contribution in [3.05, 3.63) is 57.6 Å². The van der Waals surface area contributed by atoms with Crippen molar-refractivity contribution >= 4 is 39.1 Å².